The lowest BCUT2D eigenvalue weighted by Crippen LogP contribution is -2.25. The van der Waals surface area contributed by atoms with E-state index in [1.54, 1.807) is 6.07 Å². The maximum atomic E-state index is 9.64. The number of rotatable bonds is 11. The summed E-state index contributed by atoms with van der Waals surface area (Å²) < 4.78 is 0. The Hall–Kier alpha value is -2.72. The number of aromatic hydroxyl groups is 1. The van der Waals surface area contributed by atoms with E-state index in [9.17, 15) is 5.11 Å². The molecule has 1 aliphatic carbocycles. The Morgan fingerprint density at radius 2 is 1.79 bits per heavy atom. The third-order valence-electron chi connectivity index (χ3n) is 6.89. The highest BCUT2D eigenvalue weighted by Crippen LogP contribution is 2.28. The molecule has 174 valence electrons. The minimum Gasteiger partial charge on any atom is -0.508 e. The number of aromatic nitrogens is 2. The Morgan fingerprint density at radius 3 is 2.61 bits per heavy atom. The Labute approximate surface area is 198 Å². The standard InChI is InChI=1S/C29H37N3O/c1-2-32(19-17-23-8-3-4-9-23)22-25-12-5-13-26(20-25)28-16-18-30-29(31-28)15-7-11-24-10-6-14-27(33)21-24/h5-6,10,12-14,16,18,20-21,23,33H,2-4,7-9,11,15,17,19,22H2,1H3. The molecule has 1 N–H and O–H groups in total. The van der Waals surface area contributed by atoms with Crippen molar-refractivity contribution < 1.29 is 5.11 Å². The lowest BCUT2D eigenvalue weighted by molar-refractivity contribution is 0.256. The number of nitrogens with zero attached hydrogens (tertiary/aromatic N) is 3. The monoisotopic (exact) mass is 443 g/mol. The summed E-state index contributed by atoms with van der Waals surface area (Å²) in [6, 6.07) is 18.3. The van der Waals surface area contributed by atoms with Crippen LogP contribution < -0.4 is 0 Å². The average molecular weight is 444 g/mol. The SMILES string of the molecule is CCN(CCC1CCCC1)Cc1cccc(-c2ccnc(CCCc3cccc(O)c3)n2)c1. The van der Waals surface area contributed by atoms with Crippen LogP contribution in [0.5, 0.6) is 5.75 Å². The minimum atomic E-state index is 0.325. The fourth-order valence-electron chi connectivity index (χ4n) is 4.94. The molecule has 2 aromatic carbocycles. The van der Waals surface area contributed by atoms with Gasteiger partial charge < -0.3 is 5.11 Å². The van der Waals surface area contributed by atoms with Crippen LogP contribution in [0.25, 0.3) is 11.3 Å². The van der Waals surface area contributed by atoms with E-state index in [-0.39, 0.29) is 0 Å². The largest absolute Gasteiger partial charge is 0.508 e. The molecule has 0 amide bonds. The normalized spacial score (nSPS) is 14.2. The molecule has 3 aromatic rings. The van der Waals surface area contributed by atoms with Gasteiger partial charge in [0.2, 0.25) is 0 Å². The maximum absolute atomic E-state index is 9.64. The molecule has 1 fully saturated rings. The van der Waals surface area contributed by atoms with E-state index in [1.807, 2.05) is 24.4 Å². The van der Waals surface area contributed by atoms with Crippen LogP contribution in [0.4, 0.5) is 0 Å². The van der Waals surface area contributed by atoms with Crippen LogP contribution in [0.3, 0.4) is 0 Å². The van der Waals surface area contributed by atoms with Crippen LogP contribution in [0.15, 0.2) is 60.8 Å². The van der Waals surface area contributed by atoms with Gasteiger partial charge in [-0.3, -0.25) is 4.90 Å². The summed E-state index contributed by atoms with van der Waals surface area (Å²) in [4.78, 5) is 11.9. The summed E-state index contributed by atoms with van der Waals surface area (Å²) in [7, 11) is 0. The zero-order valence-electron chi connectivity index (χ0n) is 19.9. The summed E-state index contributed by atoms with van der Waals surface area (Å²) in [5, 5.41) is 9.64. The number of benzene rings is 2. The Bertz CT molecular complexity index is 1010. The van der Waals surface area contributed by atoms with E-state index in [4.69, 9.17) is 4.98 Å². The molecule has 1 aliphatic rings. The smallest absolute Gasteiger partial charge is 0.128 e. The Balaban J connectivity index is 1.35. The predicted octanol–water partition coefficient (Wildman–Crippen LogP) is 6.43. The molecule has 0 atom stereocenters. The van der Waals surface area contributed by atoms with Gasteiger partial charge in [-0.15, -0.1) is 0 Å². The fourth-order valence-corrected chi connectivity index (χ4v) is 4.94. The van der Waals surface area contributed by atoms with Gasteiger partial charge in [-0.25, -0.2) is 9.97 Å². The van der Waals surface area contributed by atoms with Crippen molar-refractivity contribution in [2.45, 2.75) is 64.8 Å². The molecular formula is C29H37N3O. The molecule has 1 saturated carbocycles. The van der Waals surface area contributed by atoms with E-state index in [0.717, 1.165) is 60.9 Å². The van der Waals surface area contributed by atoms with E-state index >= 15 is 0 Å². The second-order valence-electron chi connectivity index (χ2n) is 9.39. The van der Waals surface area contributed by atoms with Gasteiger partial charge in [0, 0.05) is 24.7 Å². The minimum absolute atomic E-state index is 0.325. The summed E-state index contributed by atoms with van der Waals surface area (Å²) in [6.07, 6.45) is 11.6. The van der Waals surface area contributed by atoms with Crippen LogP contribution in [0.1, 0.15) is 62.4 Å². The Morgan fingerprint density at radius 1 is 0.970 bits per heavy atom. The number of phenols is 1. The molecule has 0 unspecified atom stereocenters. The zero-order chi connectivity index (χ0) is 22.9. The average Bonchev–Trinajstić information content (AvgIpc) is 3.36. The maximum Gasteiger partial charge on any atom is 0.128 e. The first-order chi connectivity index (χ1) is 16.2. The highest BCUT2D eigenvalue weighted by molar-refractivity contribution is 5.59. The molecule has 4 heteroatoms. The summed E-state index contributed by atoms with van der Waals surface area (Å²) >= 11 is 0. The van der Waals surface area contributed by atoms with Gasteiger partial charge in [-0.1, -0.05) is 62.9 Å². The molecule has 33 heavy (non-hydrogen) atoms. The molecule has 0 saturated heterocycles. The predicted molar refractivity (Wildman–Crippen MR) is 135 cm³/mol. The highest BCUT2D eigenvalue weighted by atomic mass is 16.3. The molecule has 4 nitrogen and oxygen atoms in total. The van der Waals surface area contributed by atoms with E-state index < -0.39 is 0 Å². The molecule has 0 spiro atoms. The fraction of sp³-hybridized carbons (Fsp3) is 0.448. The quantitative estimate of drug-likeness (QED) is 0.371. The molecule has 1 aromatic heterocycles. The second-order valence-corrected chi connectivity index (χ2v) is 9.39. The highest BCUT2D eigenvalue weighted by Gasteiger charge is 2.16. The van der Waals surface area contributed by atoms with Crippen molar-refractivity contribution in [1.29, 1.82) is 0 Å². The van der Waals surface area contributed by atoms with E-state index in [1.165, 1.54) is 44.2 Å². The van der Waals surface area contributed by atoms with Crippen molar-refractivity contribution in [2.24, 2.45) is 5.92 Å². The lowest BCUT2D eigenvalue weighted by atomic mass is 10.0. The second kappa shape index (κ2) is 11.9. The molecule has 0 bridgehead atoms. The number of hydrogen-bond acceptors (Lipinski definition) is 4. The third-order valence-corrected chi connectivity index (χ3v) is 6.89. The van der Waals surface area contributed by atoms with Gasteiger partial charge in [0.15, 0.2) is 0 Å². The van der Waals surface area contributed by atoms with Gasteiger partial charge in [0.1, 0.15) is 11.6 Å². The molecule has 0 aliphatic heterocycles. The summed E-state index contributed by atoms with van der Waals surface area (Å²) in [5.41, 5.74) is 4.65. The van der Waals surface area contributed by atoms with E-state index in [0.29, 0.717) is 5.75 Å². The van der Waals surface area contributed by atoms with Crippen molar-refractivity contribution in [3.8, 4) is 17.0 Å². The van der Waals surface area contributed by atoms with Gasteiger partial charge in [0.05, 0.1) is 5.69 Å². The first-order valence-electron chi connectivity index (χ1n) is 12.6. The third kappa shape index (κ3) is 7.13. The number of phenolic OH excluding ortho intramolecular Hbond substituents is 1. The van der Waals surface area contributed by atoms with Crippen molar-refractivity contribution >= 4 is 0 Å². The van der Waals surface area contributed by atoms with Crippen LogP contribution in [-0.2, 0) is 19.4 Å². The summed E-state index contributed by atoms with van der Waals surface area (Å²) in [5.74, 6) is 2.15. The molecular weight excluding hydrogens is 406 g/mol. The van der Waals surface area contributed by atoms with Crippen LogP contribution >= 0.6 is 0 Å². The van der Waals surface area contributed by atoms with Gasteiger partial charge >= 0.3 is 0 Å². The van der Waals surface area contributed by atoms with Crippen LogP contribution in [0.2, 0.25) is 0 Å². The van der Waals surface area contributed by atoms with Crippen LogP contribution in [-0.4, -0.2) is 33.1 Å². The number of aryl methyl sites for hydroxylation is 2. The molecule has 0 radical (unpaired) electrons. The van der Waals surface area contributed by atoms with Gasteiger partial charge in [0.25, 0.3) is 0 Å². The van der Waals surface area contributed by atoms with Crippen LogP contribution in [0, 0.1) is 5.92 Å². The van der Waals surface area contributed by atoms with Crippen molar-refractivity contribution in [2.75, 3.05) is 13.1 Å². The molecule has 4 rings (SSSR count). The summed E-state index contributed by atoms with van der Waals surface area (Å²) in [6.45, 7) is 5.56. The molecule has 1 heterocycles. The van der Waals surface area contributed by atoms with Crippen molar-refractivity contribution in [1.82, 2.24) is 14.9 Å². The zero-order valence-corrected chi connectivity index (χ0v) is 19.9. The number of hydrogen-bond donors (Lipinski definition) is 1. The van der Waals surface area contributed by atoms with E-state index in [2.05, 4.69) is 47.1 Å². The first-order valence-corrected chi connectivity index (χ1v) is 12.6. The van der Waals surface area contributed by atoms with Crippen molar-refractivity contribution in [3.63, 3.8) is 0 Å². The first kappa shape index (κ1) is 23.4. The Kier molecular flexibility index (Phi) is 8.48. The van der Waals surface area contributed by atoms with Gasteiger partial charge in [-0.2, -0.15) is 0 Å². The van der Waals surface area contributed by atoms with Crippen molar-refractivity contribution in [3.05, 3.63) is 77.7 Å². The topological polar surface area (TPSA) is 49.2 Å². The lowest BCUT2D eigenvalue weighted by Gasteiger charge is -2.22. The van der Waals surface area contributed by atoms with Gasteiger partial charge in [-0.05, 0) is 73.7 Å².